The highest BCUT2D eigenvalue weighted by molar-refractivity contribution is 5.50. The van der Waals surface area contributed by atoms with Crippen LogP contribution >= 0.6 is 0 Å². The van der Waals surface area contributed by atoms with E-state index in [1.54, 1.807) is 0 Å². The van der Waals surface area contributed by atoms with Crippen molar-refractivity contribution in [2.45, 2.75) is 25.7 Å². The summed E-state index contributed by atoms with van der Waals surface area (Å²) in [5, 5.41) is 47.3. The molecule has 2 rings (SSSR count). The summed E-state index contributed by atoms with van der Waals surface area (Å²) >= 11 is 0. The standard InChI is InChI=1S/C13H16O5/c14-9-5-8(13(17)18)6-10(15)11(9)12(16)7-3-1-2-4-7/h5-7,14-18H,1-4H2. The molecule has 5 N–H and O–H groups in total. The first kappa shape index (κ1) is 12.4. The van der Waals surface area contributed by atoms with E-state index >= 15 is 0 Å². The number of benzene rings is 1. The molecule has 0 unspecified atom stereocenters. The second-order valence-corrected chi connectivity index (χ2v) is 4.58. The Hall–Kier alpha value is -2.04. The van der Waals surface area contributed by atoms with E-state index in [0.717, 1.165) is 37.8 Å². The first-order chi connectivity index (χ1) is 8.50. The zero-order valence-electron chi connectivity index (χ0n) is 9.80. The Labute approximate surface area is 104 Å². The van der Waals surface area contributed by atoms with Gasteiger partial charge in [-0.25, -0.2) is 0 Å². The predicted octanol–water partition coefficient (Wildman–Crippen LogP) is 1.14. The Morgan fingerprint density at radius 1 is 0.944 bits per heavy atom. The number of hydrogen-bond acceptors (Lipinski definition) is 5. The van der Waals surface area contributed by atoms with Gasteiger partial charge in [0.25, 0.3) is 5.95 Å². The van der Waals surface area contributed by atoms with Gasteiger partial charge in [-0.3, -0.25) is 0 Å². The Morgan fingerprint density at radius 2 is 1.44 bits per heavy atom. The molecule has 0 amide bonds. The van der Waals surface area contributed by atoms with Gasteiger partial charge in [-0.15, -0.1) is 0 Å². The van der Waals surface area contributed by atoms with Gasteiger partial charge in [0.15, 0.2) is 0 Å². The average molecular weight is 252 g/mol. The zero-order valence-corrected chi connectivity index (χ0v) is 9.80. The van der Waals surface area contributed by atoms with Gasteiger partial charge >= 0.3 is 0 Å². The van der Waals surface area contributed by atoms with E-state index < -0.39 is 5.95 Å². The van der Waals surface area contributed by atoms with Crippen molar-refractivity contribution in [3.63, 3.8) is 0 Å². The van der Waals surface area contributed by atoms with Crippen molar-refractivity contribution in [3.8, 4) is 11.5 Å². The van der Waals surface area contributed by atoms with Crippen molar-refractivity contribution in [2.75, 3.05) is 0 Å². The van der Waals surface area contributed by atoms with Crippen LogP contribution in [0, 0.1) is 5.92 Å². The lowest BCUT2D eigenvalue weighted by Crippen LogP contribution is -2.17. The first-order valence-electron chi connectivity index (χ1n) is 5.88. The first-order valence-corrected chi connectivity index (χ1v) is 5.88. The fourth-order valence-corrected chi connectivity index (χ4v) is 2.41. The highest BCUT2D eigenvalue weighted by Crippen LogP contribution is 2.30. The molecule has 5 nitrogen and oxygen atoms in total. The smallest absolute Gasteiger partial charge is 0.281 e. The third-order valence-corrected chi connectivity index (χ3v) is 3.35. The highest BCUT2D eigenvalue weighted by atomic mass is 16.5. The van der Waals surface area contributed by atoms with E-state index in [1.807, 2.05) is 0 Å². The molecule has 1 saturated carbocycles. The Balaban J connectivity index is 2.65. The molecule has 1 aliphatic rings. The van der Waals surface area contributed by atoms with E-state index in [1.165, 1.54) is 0 Å². The molecule has 0 aromatic heterocycles. The van der Waals surface area contributed by atoms with Crippen LogP contribution in [0.3, 0.4) is 0 Å². The van der Waals surface area contributed by atoms with Crippen molar-refractivity contribution in [2.24, 2.45) is 5.92 Å². The SMILES string of the molecule is OC(O)=c1cc(O)c(=C(O)C2CCCC2)c(O)c1. The summed E-state index contributed by atoms with van der Waals surface area (Å²) in [6, 6.07) is 2.19. The molecule has 18 heavy (non-hydrogen) atoms. The van der Waals surface area contributed by atoms with Gasteiger partial charge < -0.3 is 25.5 Å². The van der Waals surface area contributed by atoms with E-state index in [0.29, 0.717) is 0 Å². The van der Waals surface area contributed by atoms with Crippen LogP contribution in [0.1, 0.15) is 25.7 Å². The summed E-state index contributed by atoms with van der Waals surface area (Å²) < 4.78 is 0. The maximum Gasteiger partial charge on any atom is 0.281 e. The van der Waals surface area contributed by atoms with Gasteiger partial charge in [-0.2, -0.15) is 0 Å². The van der Waals surface area contributed by atoms with Gasteiger partial charge in [-0.1, -0.05) is 12.8 Å². The van der Waals surface area contributed by atoms with E-state index in [4.69, 9.17) is 10.2 Å². The van der Waals surface area contributed by atoms with Gasteiger partial charge in [0, 0.05) is 5.92 Å². The highest BCUT2D eigenvalue weighted by Gasteiger charge is 2.21. The zero-order chi connectivity index (χ0) is 13.3. The van der Waals surface area contributed by atoms with Crippen LogP contribution in [0.4, 0.5) is 0 Å². The quantitative estimate of drug-likeness (QED) is 0.516. The molecule has 5 heteroatoms. The van der Waals surface area contributed by atoms with Crippen LogP contribution in [0.25, 0.3) is 11.7 Å². The normalized spacial score (nSPS) is 15.8. The second kappa shape index (κ2) is 4.68. The van der Waals surface area contributed by atoms with Crippen molar-refractivity contribution < 1.29 is 25.5 Å². The summed E-state index contributed by atoms with van der Waals surface area (Å²) in [6.07, 6.45) is 3.67. The Bertz CT molecular complexity index is 537. The summed E-state index contributed by atoms with van der Waals surface area (Å²) in [4.78, 5) is 0. The van der Waals surface area contributed by atoms with Crippen LogP contribution in [0.2, 0.25) is 0 Å². The molecular formula is C13H16O5. The fraction of sp³-hybridized carbons (Fsp3) is 0.385. The van der Waals surface area contributed by atoms with E-state index in [2.05, 4.69) is 0 Å². The summed E-state index contributed by atoms with van der Waals surface area (Å²) in [7, 11) is 0. The van der Waals surface area contributed by atoms with Crippen LogP contribution in [-0.4, -0.2) is 25.5 Å². The van der Waals surface area contributed by atoms with Crippen LogP contribution in [0.15, 0.2) is 12.1 Å². The summed E-state index contributed by atoms with van der Waals surface area (Å²) in [5.41, 5.74) is 0. The number of phenolic OH excluding ortho intramolecular Hbond substituents is 2. The summed E-state index contributed by atoms with van der Waals surface area (Å²) in [6.45, 7) is 0. The number of phenols is 2. The molecule has 1 aliphatic carbocycles. The minimum absolute atomic E-state index is 0.0214. The molecule has 98 valence electrons. The molecule has 1 aromatic carbocycles. The Morgan fingerprint density at radius 3 is 1.89 bits per heavy atom. The molecule has 1 aromatic rings. The molecule has 1 fully saturated rings. The molecule has 0 heterocycles. The largest absolute Gasteiger partial charge is 0.511 e. The monoisotopic (exact) mass is 252 g/mol. The number of rotatable bonds is 1. The molecule has 0 spiro atoms. The van der Waals surface area contributed by atoms with Gasteiger partial charge in [0.2, 0.25) is 0 Å². The lowest BCUT2D eigenvalue weighted by atomic mass is 10.0. The summed E-state index contributed by atoms with van der Waals surface area (Å²) in [5.74, 6) is -1.82. The minimum Gasteiger partial charge on any atom is -0.511 e. The number of aliphatic hydroxyl groups is 3. The molecular weight excluding hydrogens is 236 g/mol. The lowest BCUT2D eigenvalue weighted by Gasteiger charge is -2.09. The van der Waals surface area contributed by atoms with Gasteiger partial charge in [0.1, 0.15) is 17.3 Å². The topological polar surface area (TPSA) is 101 Å². The number of aliphatic hydroxyl groups excluding tert-OH is 2. The number of hydrogen-bond donors (Lipinski definition) is 5. The van der Waals surface area contributed by atoms with E-state index in [-0.39, 0.29) is 33.6 Å². The molecule has 0 radical (unpaired) electrons. The third kappa shape index (κ3) is 2.16. The Kier molecular flexibility index (Phi) is 3.23. The third-order valence-electron chi connectivity index (χ3n) is 3.35. The van der Waals surface area contributed by atoms with Crippen molar-refractivity contribution in [1.82, 2.24) is 0 Å². The van der Waals surface area contributed by atoms with Gasteiger partial charge in [0.05, 0.1) is 10.4 Å². The number of aromatic hydroxyl groups is 2. The average Bonchev–Trinajstić information content (AvgIpc) is 2.80. The molecule has 0 saturated heterocycles. The van der Waals surface area contributed by atoms with Crippen molar-refractivity contribution in [3.05, 3.63) is 22.6 Å². The maximum atomic E-state index is 10.1. The predicted molar refractivity (Wildman–Crippen MR) is 65.7 cm³/mol. The van der Waals surface area contributed by atoms with Crippen molar-refractivity contribution in [1.29, 1.82) is 0 Å². The van der Waals surface area contributed by atoms with Crippen LogP contribution in [-0.2, 0) is 0 Å². The van der Waals surface area contributed by atoms with Gasteiger partial charge in [-0.05, 0) is 25.0 Å². The molecule has 0 aliphatic heterocycles. The van der Waals surface area contributed by atoms with Crippen molar-refractivity contribution >= 4 is 11.7 Å². The van der Waals surface area contributed by atoms with Crippen LogP contribution < -0.4 is 10.4 Å². The minimum atomic E-state index is -0.993. The molecule has 0 atom stereocenters. The molecule has 0 bridgehead atoms. The lowest BCUT2D eigenvalue weighted by molar-refractivity contribution is 0.297. The maximum absolute atomic E-state index is 10.1. The van der Waals surface area contributed by atoms with Crippen LogP contribution in [0.5, 0.6) is 11.5 Å². The second-order valence-electron chi connectivity index (χ2n) is 4.58. The fourth-order valence-electron chi connectivity index (χ4n) is 2.41. The van der Waals surface area contributed by atoms with E-state index in [9.17, 15) is 15.3 Å².